The summed E-state index contributed by atoms with van der Waals surface area (Å²) >= 11 is 0. The van der Waals surface area contributed by atoms with Crippen LogP contribution in [0.3, 0.4) is 0 Å². The Balaban J connectivity index is 1.89. The van der Waals surface area contributed by atoms with Crippen LogP contribution in [0.25, 0.3) is 0 Å². The van der Waals surface area contributed by atoms with Crippen molar-refractivity contribution < 1.29 is 0 Å². The van der Waals surface area contributed by atoms with Crippen molar-refractivity contribution in [3.63, 3.8) is 0 Å². The predicted molar refractivity (Wildman–Crippen MR) is 66.1 cm³/mol. The molecule has 1 fully saturated rings. The Morgan fingerprint density at radius 2 is 2.00 bits per heavy atom. The standard InChI is InChI=1S/C14H21N/c1-2-12-7-6-10-14(11-12)15-13-8-4-3-5-9-13/h3-5,8-9,12,14-15H,2,6-7,10-11H2,1H3/t12-,14+/m1/s1. The third-order valence-electron chi connectivity index (χ3n) is 3.50. The molecule has 0 bridgehead atoms. The second kappa shape index (κ2) is 5.20. The lowest BCUT2D eigenvalue weighted by molar-refractivity contribution is 0.327. The van der Waals surface area contributed by atoms with E-state index in [1.54, 1.807) is 0 Å². The molecule has 1 aliphatic rings. The van der Waals surface area contributed by atoms with Crippen molar-refractivity contribution in [2.24, 2.45) is 5.92 Å². The fraction of sp³-hybridized carbons (Fsp3) is 0.571. The highest BCUT2D eigenvalue weighted by Gasteiger charge is 2.20. The van der Waals surface area contributed by atoms with E-state index in [0.29, 0.717) is 6.04 Å². The Kier molecular flexibility index (Phi) is 3.65. The quantitative estimate of drug-likeness (QED) is 0.781. The van der Waals surface area contributed by atoms with Gasteiger partial charge in [0.15, 0.2) is 0 Å². The predicted octanol–water partition coefficient (Wildman–Crippen LogP) is 4.07. The van der Waals surface area contributed by atoms with E-state index in [0.717, 1.165) is 5.92 Å². The Morgan fingerprint density at radius 3 is 2.73 bits per heavy atom. The van der Waals surface area contributed by atoms with Crippen LogP contribution in [0.2, 0.25) is 0 Å². The van der Waals surface area contributed by atoms with Gasteiger partial charge in [0.2, 0.25) is 0 Å². The van der Waals surface area contributed by atoms with E-state index >= 15 is 0 Å². The third kappa shape index (κ3) is 2.98. The molecule has 2 atom stereocenters. The van der Waals surface area contributed by atoms with Gasteiger partial charge in [-0.1, -0.05) is 44.4 Å². The molecule has 82 valence electrons. The normalized spacial score (nSPS) is 26.2. The summed E-state index contributed by atoms with van der Waals surface area (Å²) in [6.07, 6.45) is 6.86. The van der Waals surface area contributed by atoms with Gasteiger partial charge in [-0.25, -0.2) is 0 Å². The fourth-order valence-corrected chi connectivity index (χ4v) is 2.56. The molecule has 0 saturated heterocycles. The van der Waals surface area contributed by atoms with E-state index in [1.807, 2.05) is 0 Å². The number of nitrogens with one attached hydrogen (secondary N) is 1. The van der Waals surface area contributed by atoms with Crippen molar-refractivity contribution >= 4 is 5.69 Å². The van der Waals surface area contributed by atoms with E-state index in [2.05, 4.69) is 42.6 Å². The molecule has 1 nitrogen and oxygen atoms in total. The number of benzene rings is 1. The highest BCUT2D eigenvalue weighted by molar-refractivity contribution is 5.43. The molecule has 1 aliphatic carbocycles. The van der Waals surface area contributed by atoms with Crippen molar-refractivity contribution in [3.8, 4) is 0 Å². The Hall–Kier alpha value is -0.980. The van der Waals surface area contributed by atoms with Gasteiger partial charge in [0.25, 0.3) is 0 Å². The largest absolute Gasteiger partial charge is 0.382 e. The maximum atomic E-state index is 3.65. The van der Waals surface area contributed by atoms with Crippen LogP contribution in [0.1, 0.15) is 39.0 Å². The van der Waals surface area contributed by atoms with E-state index < -0.39 is 0 Å². The summed E-state index contributed by atoms with van der Waals surface area (Å²) in [5.74, 6) is 0.944. The average Bonchev–Trinajstić information content (AvgIpc) is 2.31. The number of rotatable bonds is 3. The van der Waals surface area contributed by atoms with Crippen molar-refractivity contribution in [2.45, 2.75) is 45.1 Å². The maximum Gasteiger partial charge on any atom is 0.0342 e. The smallest absolute Gasteiger partial charge is 0.0342 e. The molecule has 1 saturated carbocycles. The molecule has 1 heteroatoms. The van der Waals surface area contributed by atoms with Crippen LogP contribution in [0.4, 0.5) is 5.69 Å². The first kappa shape index (κ1) is 10.5. The minimum Gasteiger partial charge on any atom is -0.382 e. The molecule has 0 heterocycles. The zero-order chi connectivity index (χ0) is 10.5. The molecule has 0 aromatic heterocycles. The molecule has 1 N–H and O–H groups in total. The zero-order valence-corrected chi connectivity index (χ0v) is 9.58. The number of hydrogen-bond donors (Lipinski definition) is 1. The van der Waals surface area contributed by atoms with Gasteiger partial charge in [-0.2, -0.15) is 0 Å². The molecule has 0 aliphatic heterocycles. The molecule has 0 radical (unpaired) electrons. The topological polar surface area (TPSA) is 12.0 Å². The van der Waals surface area contributed by atoms with Crippen molar-refractivity contribution in [2.75, 3.05) is 5.32 Å². The Bertz CT molecular complexity index is 281. The molecular formula is C14H21N. The van der Waals surface area contributed by atoms with Crippen LogP contribution >= 0.6 is 0 Å². The van der Waals surface area contributed by atoms with Crippen LogP contribution in [0.5, 0.6) is 0 Å². The summed E-state index contributed by atoms with van der Waals surface area (Å²) < 4.78 is 0. The van der Waals surface area contributed by atoms with Crippen LogP contribution in [-0.2, 0) is 0 Å². The molecular weight excluding hydrogens is 182 g/mol. The van der Waals surface area contributed by atoms with Crippen LogP contribution < -0.4 is 5.32 Å². The summed E-state index contributed by atoms with van der Waals surface area (Å²) in [5.41, 5.74) is 1.28. The van der Waals surface area contributed by atoms with E-state index in [-0.39, 0.29) is 0 Å². The first-order valence-electron chi connectivity index (χ1n) is 6.20. The fourth-order valence-electron chi connectivity index (χ4n) is 2.56. The molecule has 0 unspecified atom stereocenters. The highest BCUT2D eigenvalue weighted by atomic mass is 14.9. The molecule has 0 spiro atoms. The summed E-state index contributed by atoms with van der Waals surface area (Å²) in [4.78, 5) is 0. The molecule has 2 rings (SSSR count). The monoisotopic (exact) mass is 203 g/mol. The van der Waals surface area contributed by atoms with Gasteiger partial charge in [0, 0.05) is 11.7 Å². The van der Waals surface area contributed by atoms with Crippen LogP contribution in [0, 0.1) is 5.92 Å². The molecule has 1 aromatic carbocycles. The highest BCUT2D eigenvalue weighted by Crippen LogP contribution is 2.28. The third-order valence-corrected chi connectivity index (χ3v) is 3.50. The van der Waals surface area contributed by atoms with Crippen LogP contribution in [0.15, 0.2) is 30.3 Å². The lowest BCUT2D eigenvalue weighted by Crippen LogP contribution is -2.26. The zero-order valence-electron chi connectivity index (χ0n) is 9.58. The summed E-state index contributed by atoms with van der Waals surface area (Å²) in [5, 5.41) is 3.65. The van der Waals surface area contributed by atoms with E-state index in [4.69, 9.17) is 0 Å². The molecule has 15 heavy (non-hydrogen) atoms. The first-order valence-corrected chi connectivity index (χ1v) is 6.20. The van der Waals surface area contributed by atoms with Gasteiger partial charge in [0.05, 0.1) is 0 Å². The second-order valence-electron chi connectivity index (χ2n) is 4.65. The Morgan fingerprint density at radius 1 is 1.20 bits per heavy atom. The number of anilines is 1. The Labute approximate surface area is 92.9 Å². The minimum absolute atomic E-state index is 0.700. The second-order valence-corrected chi connectivity index (χ2v) is 4.65. The van der Waals surface area contributed by atoms with Gasteiger partial charge in [-0.15, -0.1) is 0 Å². The first-order chi connectivity index (χ1) is 7.38. The SMILES string of the molecule is CC[C@@H]1CCC[C@H](Nc2ccccc2)C1. The lowest BCUT2D eigenvalue weighted by atomic mass is 9.84. The van der Waals surface area contributed by atoms with Crippen molar-refractivity contribution in [3.05, 3.63) is 30.3 Å². The van der Waals surface area contributed by atoms with Crippen molar-refractivity contribution in [1.82, 2.24) is 0 Å². The summed E-state index contributed by atoms with van der Waals surface area (Å²) in [6, 6.07) is 11.3. The van der Waals surface area contributed by atoms with E-state index in [9.17, 15) is 0 Å². The average molecular weight is 203 g/mol. The summed E-state index contributed by atoms with van der Waals surface area (Å²) in [6.45, 7) is 2.32. The van der Waals surface area contributed by atoms with Gasteiger partial charge in [-0.05, 0) is 30.9 Å². The number of para-hydroxylation sites is 1. The minimum atomic E-state index is 0.700. The number of hydrogen-bond acceptors (Lipinski definition) is 1. The molecule has 0 amide bonds. The van der Waals surface area contributed by atoms with Gasteiger partial charge < -0.3 is 5.32 Å². The van der Waals surface area contributed by atoms with Crippen molar-refractivity contribution in [1.29, 1.82) is 0 Å². The lowest BCUT2D eigenvalue weighted by Gasteiger charge is -2.29. The van der Waals surface area contributed by atoms with Gasteiger partial charge in [0.1, 0.15) is 0 Å². The van der Waals surface area contributed by atoms with Gasteiger partial charge in [-0.3, -0.25) is 0 Å². The van der Waals surface area contributed by atoms with E-state index in [1.165, 1.54) is 37.8 Å². The summed E-state index contributed by atoms with van der Waals surface area (Å²) in [7, 11) is 0. The maximum absolute atomic E-state index is 3.65. The van der Waals surface area contributed by atoms with Gasteiger partial charge >= 0.3 is 0 Å². The molecule has 1 aromatic rings. The van der Waals surface area contributed by atoms with Crippen LogP contribution in [-0.4, -0.2) is 6.04 Å².